The third-order valence-electron chi connectivity index (χ3n) is 3.82. The Labute approximate surface area is 161 Å². The lowest BCUT2D eigenvalue weighted by Gasteiger charge is -2.32. The number of guanidine groups is 1. The summed E-state index contributed by atoms with van der Waals surface area (Å²) in [6.07, 6.45) is 0. The monoisotopic (exact) mass is 452 g/mol. The van der Waals surface area contributed by atoms with Crippen LogP contribution in [-0.4, -0.2) is 63.5 Å². The average Bonchev–Trinajstić information content (AvgIpc) is 2.95. The third-order valence-corrected chi connectivity index (χ3v) is 3.82. The molecule has 2 rings (SSSR count). The van der Waals surface area contributed by atoms with Crippen LogP contribution in [0.4, 0.5) is 0 Å². The van der Waals surface area contributed by atoms with Crippen LogP contribution in [0.5, 0.6) is 0 Å². The van der Waals surface area contributed by atoms with Gasteiger partial charge >= 0.3 is 0 Å². The number of nitrogens with one attached hydrogen (secondary N) is 1. The summed E-state index contributed by atoms with van der Waals surface area (Å²) in [4.78, 5) is 6.82. The summed E-state index contributed by atoms with van der Waals surface area (Å²) in [6.45, 7) is 8.29. The highest BCUT2D eigenvalue weighted by atomic mass is 127. The van der Waals surface area contributed by atoms with E-state index in [0.717, 1.165) is 37.8 Å². The highest BCUT2D eigenvalue weighted by molar-refractivity contribution is 14.0. The van der Waals surface area contributed by atoms with Crippen LogP contribution in [0.2, 0.25) is 0 Å². The van der Waals surface area contributed by atoms with Crippen molar-refractivity contribution >= 4 is 29.9 Å². The van der Waals surface area contributed by atoms with Crippen LogP contribution < -0.4 is 11.1 Å². The molecule has 1 aliphatic heterocycles. The first-order valence-electron chi connectivity index (χ1n) is 8.03. The van der Waals surface area contributed by atoms with Gasteiger partial charge < -0.3 is 24.9 Å². The molecule has 0 amide bonds. The normalized spacial score (nSPS) is 18.7. The summed E-state index contributed by atoms with van der Waals surface area (Å²) in [6, 6.07) is 4.19. The summed E-state index contributed by atoms with van der Waals surface area (Å²) < 4.78 is 16.3. The highest BCUT2D eigenvalue weighted by Crippen LogP contribution is 2.24. The number of nitrogens with two attached hydrogens (primary N) is 1. The molecular weight excluding hydrogens is 423 g/mol. The maximum Gasteiger partial charge on any atom is 0.188 e. The molecule has 7 nitrogen and oxygen atoms in total. The molecular formula is C16H29IN4O3. The molecule has 0 saturated carbocycles. The second kappa shape index (κ2) is 10.9. The molecule has 1 saturated heterocycles. The number of hydrogen-bond acceptors (Lipinski definition) is 5. The molecule has 138 valence electrons. The van der Waals surface area contributed by atoms with Gasteiger partial charge in [-0.2, -0.15) is 0 Å². The number of methoxy groups -OCH3 is 1. The van der Waals surface area contributed by atoms with Gasteiger partial charge in [0.25, 0.3) is 0 Å². The van der Waals surface area contributed by atoms with Crippen LogP contribution in [0, 0.1) is 6.92 Å². The third kappa shape index (κ3) is 6.58. The molecule has 0 radical (unpaired) electrons. The van der Waals surface area contributed by atoms with E-state index in [9.17, 15) is 0 Å². The number of aliphatic imine (C=N–C) groups is 1. The quantitative estimate of drug-likeness (QED) is 0.371. The van der Waals surface area contributed by atoms with Crippen molar-refractivity contribution in [2.24, 2.45) is 10.7 Å². The largest absolute Gasteiger partial charge is 0.465 e. The first-order chi connectivity index (χ1) is 11.1. The fraction of sp³-hybridized carbons (Fsp3) is 0.688. The van der Waals surface area contributed by atoms with Gasteiger partial charge in [0.1, 0.15) is 11.5 Å². The maximum absolute atomic E-state index is 5.98. The van der Waals surface area contributed by atoms with Gasteiger partial charge in [-0.15, -0.1) is 24.0 Å². The number of aryl methyl sites for hydroxylation is 1. The number of furan rings is 1. The van der Waals surface area contributed by atoms with E-state index >= 15 is 0 Å². The van der Waals surface area contributed by atoms with E-state index in [1.165, 1.54) is 0 Å². The second-order valence-electron chi connectivity index (χ2n) is 5.84. The van der Waals surface area contributed by atoms with Crippen molar-refractivity contribution in [2.45, 2.75) is 25.9 Å². The smallest absolute Gasteiger partial charge is 0.188 e. The molecule has 1 aromatic rings. The van der Waals surface area contributed by atoms with Crippen molar-refractivity contribution in [2.75, 3.05) is 46.6 Å². The molecule has 3 N–H and O–H groups in total. The number of ether oxygens (including phenoxy) is 2. The van der Waals surface area contributed by atoms with Crippen molar-refractivity contribution in [3.05, 3.63) is 23.7 Å². The molecule has 1 aliphatic rings. The van der Waals surface area contributed by atoms with Crippen molar-refractivity contribution in [1.82, 2.24) is 10.2 Å². The van der Waals surface area contributed by atoms with Gasteiger partial charge in [-0.3, -0.25) is 9.89 Å². The molecule has 24 heavy (non-hydrogen) atoms. The Morgan fingerprint density at radius 1 is 1.42 bits per heavy atom. The fourth-order valence-electron chi connectivity index (χ4n) is 2.68. The Bertz CT molecular complexity index is 503. The highest BCUT2D eigenvalue weighted by Gasteiger charge is 2.25. The van der Waals surface area contributed by atoms with Crippen LogP contribution in [-0.2, 0) is 9.47 Å². The van der Waals surface area contributed by atoms with Gasteiger partial charge in [-0.25, -0.2) is 0 Å². The minimum atomic E-state index is 0. The number of halogens is 1. The van der Waals surface area contributed by atoms with E-state index < -0.39 is 0 Å². The van der Waals surface area contributed by atoms with Gasteiger partial charge in [-0.05, 0) is 26.0 Å². The molecule has 1 aromatic heterocycles. The Morgan fingerprint density at radius 3 is 2.71 bits per heavy atom. The minimum Gasteiger partial charge on any atom is -0.465 e. The lowest BCUT2D eigenvalue weighted by Crippen LogP contribution is -2.42. The molecule has 2 unspecified atom stereocenters. The van der Waals surface area contributed by atoms with Crippen molar-refractivity contribution < 1.29 is 13.9 Å². The Morgan fingerprint density at radius 2 is 2.12 bits per heavy atom. The summed E-state index contributed by atoms with van der Waals surface area (Å²) >= 11 is 0. The van der Waals surface area contributed by atoms with Crippen LogP contribution in [0.1, 0.15) is 24.5 Å². The number of hydrogen-bond donors (Lipinski definition) is 2. The van der Waals surface area contributed by atoms with Gasteiger partial charge in [-0.1, -0.05) is 0 Å². The van der Waals surface area contributed by atoms with E-state index in [0.29, 0.717) is 19.1 Å². The van der Waals surface area contributed by atoms with Gasteiger partial charge in [0.05, 0.1) is 32.4 Å². The average molecular weight is 452 g/mol. The summed E-state index contributed by atoms with van der Waals surface area (Å²) in [5.74, 6) is 2.25. The van der Waals surface area contributed by atoms with E-state index in [4.69, 9.17) is 19.6 Å². The predicted molar refractivity (Wildman–Crippen MR) is 105 cm³/mol. The molecule has 8 heteroatoms. The van der Waals surface area contributed by atoms with Gasteiger partial charge in [0.15, 0.2) is 5.96 Å². The van der Waals surface area contributed by atoms with E-state index in [1.54, 1.807) is 7.11 Å². The summed E-state index contributed by atoms with van der Waals surface area (Å²) in [5.41, 5.74) is 5.98. The van der Waals surface area contributed by atoms with Crippen LogP contribution in [0.15, 0.2) is 21.5 Å². The van der Waals surface area contributed by atoms with E-state index in [1.807, 2.05) is 26.0 Å². The number of rotatable bonds is 7. The first-order valence-corrected chi connectivity index (χ1v) is 8.03. The number of morpholine rings is 1. The van der Waals surface area contributed by atoms with Crippen LogP contribution in [0.3, 0.4) is 0 Å². The van der Waals surface area contributed by atoms with Gasteiger partial charge in [0.2, 0.25) is 0 Å². The molecule has 1 fully saturated rings. The zero-order valence-corrected chi connectivity index (χ0v) is 17.0. The van der Waals surface area contributed by atoms with Crippen molar-refractivity contribution in [3.8, 4) is 0 Å². The Kier molecular flexibility index (Phi) is 9.64. The lowest BCUT2D eigenvalue weighted by molar-refractivity contribution is 0.0135. The molecule has 0 aromatic carbocycles. The zero-order chi connectivity index (χ0) is 16.7. The van der Waals surface area contributed by atoms with Crippen molar-refractivity contribution in [3.63, 3.8) is 0 Å². The maximum atomic E-state index is 5.98. The Hall–Kier alpha value is -0.840. The van der Waals surface area contributed by atoms with Crippen LogP contribution in [0.25, 0.3) is 0 Å². The Balaban J connectivity index is 0.00000288. The van der Waals surface area contributed by atoms with E-state index in [-0.39, 0.29) is 36.1 Å². The molecule has 2 atom stereocenters. The molecule has 0 spiro atoms. The fourth-order valence-corrected chi connectivity index (χ4v) is 2.68. The lowest BCUT2D eigenvalue weighted by atomic mass is 10.1. The zero-order valence-electron chi connectivity index (χ0n) is 14.7. The predicted octanol–water partition coefficient (Wildman–Crippen LogP) is 1.52. The number of nitrogens with zero attached hydrogens (tertiary/aromatic N) is 2. The molecule has 0 aliphatic carbocycles. The summed E-state index contributed by atoms with van der Waals surface area (Å²) in [7, 11) is 1.67. The topological polar surface area (TPSA) is 85.2 Å². The first kappa shape index (κ1) is 21.2. The minimum absolute atomic E-state index is 0. The summed E-state index contributed by atoms with van der Waals surface area (Å²) in [5, 5.41) is 3.12. The second-order valence-corrected chi connectivity index (χ2v) is 5.84. The van der Waals surface area contributed by atoms with Crippen molar-refractivity contribution in [1.29, 1.82) is 0 Å². The van der Waals surface area contributed by atoms with Gasteiger partial charge in [0, 0.05) is 26.2 Å². The standard InChI is InChI=1S/C16H28N4O3.HI/c1-12(11-21-3)19-16(17)18-10-14(15-5-4-13(2)23-15)20-6-8-22-9-7-20;/h4-5,12,14H,6-11H2,1-3H3,(H3,17,18,19);1H. The SMILES string of the molecule is COCC(C)NC(N)=NCC(c1ccc(C)o1)N1CCOCC1.I. The van der Waals surface area contributed by atoms with Crippen LogP contribution >= 0.6 is 24.0 Å². The molecule has 2 heterocycles. The van der Waals surface area contributed by atoms with E-state index in [2.05, 4.69) is 15.2 Å². The molecule has 0 bridgehead atoms.